The summed E-state index contributed by atoms with van der Waals surface area (Å²) < 4.78 is 32.3. The zero-order valence-electron chi connectivity index (χ0n) is 53.8. The van der Waals surface area contributed by atoms with Crippen molar-refractivity contribution in [3.63, 3.8) is 0 Å². The summed E-state index contributed by atoms with van der Waals surface area (Å²) in [5.74, 6) is -6.96. The van der Waals surface area contributed by atoms with Crippen molar-refractivity contribution >= 4 is 60.2 Å². The van der Waals surface area contributed by atoms with Crippen LogP contribution in [0.25, 0.3) is 32.3 Å². The second kappa shape index (κ2) is 27.2. The molecule has 1 aromatic heterocycles. The standard InChI is InChI=1S/C62H92N13O14P.Co/c1-29-20-39-40(21-30(29)2)75(28-70-39)57-52(84)53(41(27-76)87-57)89-90(85,86)88-31(3)26-69-49(83)18-19-59(8)37(22-46(66)80)56-62(11)61(10,25-48(68)82)36(14-17-45(65)79)51(74-62)33(5)55-60(9,24-47(67)81)34(12-15-43(63)77)38(71-55)23-42-58(6,7)35(13-16-44(64)78)50(72-42)32(4)54(59)73-56;/h20-21,23,28,31,34-37,41-42,50,52-53,55-57,76,84H,12-19,22,24-27H2,1-11H3,(H14,63,64,65,66,67,68,69,77,78,79,80,81,82,83,85,86);/q-4;/b38-23-,51-33-,54-32-;/t31-,34-,35-,36-,37+,41-,42?,50?,52-,53-,55?,56-,57+,59-,60+,61+,62+;/m1./s1. The molecule has 8 rings (SSSR count). The van der Waals surface area contributed by atoms with E-state index in [1.165, 1.54) is 13.3 Å². The van der Waals surface area contributed by atoms with Gasteiger partial charge in [-0.15, -0.1) is 40.9 Å². The molecular weight excluding hydrogens is 1240 g/mol. The third kappa shape index (κ3) is 14.0. The molecule has 0 saturated carbocycles. The SMILES string of the molecule is C/C1=C2/[N-][C@H]([C@H](CC(N)=O)[C@@]2(C)CCC(=O)NC[C@@H](C)OP(=O)(O)O[C@H]2[C@@H](O)[C@@H]([n+]3c[n-]c4cc(C)c(C)cc43)O[C@@H]2CO)[C@]2(C)[N-]/C(=C(/C)C3[N-]/C(=C\C4[N-]C1[C@@H](CCC(N)=O)C4(C)C)[C@@H](CCC(N)=O)[C@]3(C)CC(N)=O)[C@@H](CCC(N)=O)[C@]2(C)CC(N)=O.[Co]. The number of carbonyl (C=O) groups is 7. The number of ether oxygens (including phenoxy) is 1. The number of hydrogen-bond donors (Lipinski definition) is 10. The van der Waals surface area contributed by atoms with E-state index in [0.717, 1.165) is 11.1 Å². The summed E-state index contributed by atoms with van der Waals surface area (Å²) in [6.45, 7) is 19.5. The monoisotopic (exact) mass is 1330 g/mol. The molecule has 91 heavy (non-hydrogen) atoms. The minimum Gasteiger partial charge on any atom is -0.685 e. The number of nitrogens with two attached hydrogens (primary N) is 6. The Balaban J connectivity index is 0.0000118. The van der Waals surface area contributed by atoms with Gasteiger partial charge in [0, 0.05) is 68.3 Å². The molecular formula is C62H92CoN13O14P-4. The van der Waals surface area contributed by atoms with Gasteiger partial charge in [0.05, 0.1) is 30.1 Å². The number of aliphatic hydroxyl groups excluding tert-OH is 2. The first-order valence-corrected chi connectivity index (χ1v) is 32.4. The Labute approximate surface area is 541 Å². The normalized spacial score (nSPS) is 36.3. The Morgan fingerprint density at radius 2 is 1.40 bits per heavy atom. The van der Waals surface area contributed by atoms with Gasteiger partial charge in [0.1, 0.15) is 18.3 Å². The number of primary amides is 6. The van der Waals surface area contributed by atoms with Crippen molar-refractivity contribution in [2.75, 3.05) is 13.2 Å². The molecule has 507 valence electrons. The van der Waals surface area contributed by atoms with E-state index in [1.54, 1.807) is 4.57 Å². The molecule has 5 saturated heterocycles. The van der Waals surface area contributed by atoms with Crippen molar-refractivity contribution < 1.29 is 88.4 Å². The Kier molecular flexibility index (Phi) is 21.7. The van der Waals surface area contributed by atoms with Crippen LogP contribution in [-0.2, 0) is 68.7 Å². The summed E-state index contributed by atoms with van der Waals surface area (Å²) in [5.41, 5.74) is 36.2. The number of nitrogens with one attached hydrogen (secondary N) is 1. The third-order valence-electron chi connectivity index (χ3n) is 21.2. The number of phosphoric ester groups is 1. The Morgan fingerprint density at radius 1 is 0.791 bits per heavy atom. The van der Waals surface area contributed by atoms with Crippen molar-refractivity contribution in [1.29, 1.82) is 0 Å². The van der Waals surface area contributed by atoms with Gasteiger partial charge in [-0.1, -0.05) is 47.6 Å². The van der Waals surface area contributed by atoms with Crippen molar-refractivity contribution in [3.8, 4) is 0 Å². The van der Waals surface area contributed by atoms with Crippen LogP contribution in [0.2, 0.25) is 0 Å². The predicted octanol–water partition coefficient (Wildman–Crippen LogP) is 3.90. The molecule has 16 N–H and O–H groups in total. The number of carbonyl (C=O) groups excluding carboxylic acids is 7. The van der Waals surface area contributed by atoms with E-state index in [4.69, 9.17) is 69.5 Å². The summed E-state index contributed by atoms with van der Waals surface area (Å²) in [6, 6.07) is 0.548. The minimum atomic E-state index is -5.06. The average Bonchev–Trinajstić information content (AvgIpc) is 1.53. The molecule has 6 aliphatic rings. The van der Waals surface area contributed by atoms with Gasteiger partial charge in [0.2, 0.25) is 41.4 Å². The molecule has 5 fully saturated rings. The number of fused-ring (bicyclic) bond motifs is 10. The largest absolute Gasteiger partial charge is 0.685 e. The number of allylic oxidation sites excluding steroid dienone is 3. The second-order valence-corrected chi connectivity index (χ2v) is 29.0. The van der Waals surface area contributed by atoms with E-state index in [-0.39, 0.29) is 94.0 Å². The van der Waals surface area contributed by atoms with Crippen molar-refractivity contribution in [2.45, 2.75) is 207 Å². The summed E-state index contributed by atoms with van der Waals surface area (Å²) in [4.78, 5) is 109. The van der Waals surface area contributed by atoms with Crippen molar-refractivity contribution in [1.82, 2.24) is 10.3 Å². The van der Waals surface area contributed by atoms with Gasteiger partial charge in [-0.05, 0) is 129 Å². The molecule has 2 aromatic rings. The number of nitrogens with zero attached hydrogens (tertiary/aromatic N) is 6. The van der Waals surface area contributed by atoms with Crippen LogP contribution in [0.4, 0.5) is 0 Å². The van der Waals surface area contributed by atoms with Crippen LogP contribution < -0.4 is 49.3 Å². The first kappa shape index (κ1) is 72.5. The first-order chi connectivity index (χ1) is 41.8. The molecule has 18 atom stereocenters. The molecule has 27 nitrogen and oxygen atoms in total. The van der Waals surface area contributed by atoms with Gasteiger partial charge in [0.15, 0.2) is 6.23 Å². The number of aliphatic hydroxyl groups is 2. The smallest absolute Gasteiger partial charge is 0.472 e. The van der Waals surface area contributed by atoms with E-state index in [0.29, 0.717) is 39.3 Å². The zero-order chi connectivity index (χ0) is 66.7. The number of phosphoric acid groups is 1. The average molecular weight is 1330 g/mol. The van der Waals surface area contributed by atoms with Crippen LogP contribution in [0, 0.1) is 59.2 Å². The first-order valence-electron chi connectivity index (χ1n) is 30.9. The van der Waals surface area contributed by atoms with Crippen molar-refractivity contribution in [3.05, 3.63) is 85.2 Å². The number of aryl methyl sites for hydroxylation is 2. The minimum absolute atomic E-state index is 0. The van der Waals surface area contributed by atoms with Gasteiger partial charge in [0.25, 0.3) is 0 Å². The van der Waals surface area contributed by atoms with Gasteiger partial charge in [-0.3, -0.25) is 42.6 Å². The molecule has 0 aliphatic carbocycles. The Bertz CT molecular complexity index is 3340. The van der Waals surface area contributed by atoms with E-state index in [9.17, 15) is 53.2 Å². The van der Waals surface area contributed by atoms with Gasteiger partial charge >= 0.3 is 7.82 Å². The molecule has 1 aromatic carbocycles. The third-order valence-corrected chi connectivity index (χ3v) is 22.3. The van der Waals surface area contributed by atoms with Crippen molar-refractivity contribution in [2.24, 2.45) is 79.7 Å². The van der Waals surface area contributed by atoms with Crippen LogP contribution in [0.5, 0.6) is 0 Å². The molecule has 0 spiro atoms. The summed E-state index contributed by atoms with van der Waals surface area (Å²) in [6.07, 6.45) is -3.99. The summed E-state index contributed by atoms with van der Waals surface area (Å²) >= 11 is 0. The van der Waals surface area contributed by atoms with E-state index in [2.05, 4.69) is 10.3 Å². The van der Waals surface area contributed by atoms with E-state index < -0.39 is 161 Å². The zero-order valence-corrected chi connectivity index (χ0v) is 55.7. The second-order valence-electron chi connectivity index (χ2n) is 27.6. The summed E-state index contributed by atoms with van der Waals surface area (Å²) in [7, 11) is -5.06. The van der Waals surface area contributed by atoms with Crippen LogP contribution >= 0.6 is 7.82 Å². The van der Waals surface area contributed by atoms with Gasteiger partial charge in [-0.25, -0.2) is 9.55 Å². The number of amides is 7. The van der Waals surface area contributed by atoms with E-state index >= 15 is 0 Å². The maximum Gasteiger partial charge on any atom is 0.472 e. The fourth-order valence-electron chi connectivity index (χ4n) is 16.0. The molecule has 7 heterocycles. The Hall–Kier alpha value is -5.94. The predicted molar refractivity (Wildman–Crippen MR) is 331 cm³/mol. The number of aromatic nitrogens is 2. The van der Waals surface area contributed by atoms with Crippen LogP contribution in [0.3, 0.4) is 0 Å². The molecule has 29 heteroatoms. The number of benzene rings is 1. The van der Waals surface area contributed by atoms with E-state index in [1.807, 2.05) is 87.4 Å². The van der Waals surface area contributed by atoms with Gasteiger partial charge in [-0.2, -0.15) is 17.1 Å². The maximum atomic E-state index is 14.4. The molecule has 4 unspecified atom stereocenters. The quantitative estimate of drug-likeness (QED) is 0.0472. The fraction of sp³-hybridized carbons (Fsp3) is 0.677. The number of hydrogen-bond acceptors (Lipinski definition) is 13. The molecule has 1 radical (unpaired) electrons. The molecule has 6 aliphatic heterocycles. The Morgan fingerprint density at radius 3 is 1.99 bits per heavy atom. The van der Waals surface area contributed by atoms with Crippen LogP contribution in [0.15, 0.2) is 52.8 Å². The van der Waals surface area contributed by atoms with Crippen LogP contribution in [0.1, 0.15) is 150 Å². The van der Waals surface area contributed by atoms with Gasteiger partial charge < -0.3 is 85.4 Å². The number of rotatable bonds is 26. The molecule has 8 bridgehead atoms. The topological polar surface area (TPSA) is 467 Å². The summed E-state index contributed by atoms with van der Waals surface area (Å²) in [5, 5.41) is 46.9. The maximum absolute atomic E-state index is 14.4. The fourth-order valence-corrected chi connectivity index (χ4v) is 17.2. The number of imidazole rings is 1. The molecule has 7 amide bonds. The van der Waals surface area contributed by atoms with Crippen LogP contribution in [-0.4, -0.2) is 124 Å².